The first-order valence-corrected chi connectivity index (χ1v) is 29.4. The van der Waals surface area contributed by atoms with Gasteiger partial charge in [0, 0.05) is 12.8 Å². The van der Waals surface area contributed by atoms with Crippen molar-refractivity contribution >= 4 is 11.9 Å². The normalized spacial score (nSPS) is 13.0. The van der Waals surface area contributed by atoms with Crippen molar-refractivity contribution < 1.29 is 24.5 Å². The average molecular weight is 941 g/mol. The Labute approximate surface area is 416 Å². The fourth-order valence-corrected chi connectivity index (χ4v) is 8.78. The highest BCUT2D eigenvalue weighted by Crippen LogP contribution is 2.16. The molecule has 6 heteroatoms. The van der Waals surface area contributed by atoms with Gasteiger partial charge in [0.25, 0.3) is 0 Å². The monoisotopic (exact) mass is 940 g/mol. The molecular weight excluding hydrogens is 827 g/mol. The average Bonchev–Trinajstić information content (AvgIpc) is 3.33. The van der Waals surface area contributed by atoms with Crippen molar-refractivity contribution in [1.82, 2.24) is 5.32 Å². The van der Waals surface area contributed by atoms with Crippen LogP contribution in [0.4, 0.5) is 0 Å². The van der Waals surface area contributed by atoms with Crippen LogP contribution in [0.1, 0.15) is 303 Å². The molecule has 2 unspecified atom stereocenters. The van der Waals surface area contributed by atoms with E-state index in [2.05, 4.69) is 55.6 Å². The van der Waals surface area contributed by atoms with Crippen molar-refractivity contribution in [2.75, 3.05) is 13.2 Å². The SMILES string of the molecule is CCCCC/C=C\C/C=C\CCCCCCCCCCCC(=O)OCCCCC/C=C\CCCCCCCC(=O)NC(CO)C(O)/C=C/CCCCCCCCCCCCCCCCCCC. The summed E-state index contributed by atoms with van der Waals surface area (Å²) in [6.45, 7) is 4.83. The lowest BCUT2D eigenvalue weighted by Gasteiger charge is -2.20. The summed E-state index contributed by atoms with van der Waals surface area (Å²) in [7, 11) is 0. The Hall–Kier alpha value is -2.18. The highest BCUT2D eigenvalue weighted by atomic mass is 16.5. The number of rotatable bonds is 54. The molecule has 0 heterocycles. The Morgan fingerprint density at radius 3 is 1.18 bits per heavy atom. The molecule has 0 saturated heterocycles. The van der Waals surface area contributed by atoms with Crippen LogP contribution < -0.4 is 5.32 Å². The number of esters is 1. The third kappa shape index (κ3) is 53.0. The van der Waals surface area contributed by atoms with E-state index >= 15 is 0 Å². The van der Waals surface area contributed by atoms with Crippen LogP contribution in [-0.2, 0) is 14.3 Å². The van der Waals surface area contributed by atoms with E-state index < -0.39 is 12.1 Å². The maximum absolute atomic E-state index is 12.5. The number of hydrogen-bond acceptors (Lipinski definition) is 5. The number of unbranched alkanes of at least 4 members (excludes halogenated alkanes) is 37. The molecule has 0 aromatic rings. The molecule has 1 amide bonds. The molecule has 3 N–H and O–H groups in total. The standard InChI is InChI=1S/C61H113NO5/c1-3-5-7-9-11-13-15-17-19-21-23-25-27-29-33-37-41-45-49-53-59(64)58(57-63)62-60(65)54-50-46-42-38-34-31-32-36-40-44-48-52-56-67-61(66)55-51-47-43-39-35-30-28-26-24-22-20-18-16-14-12-10-8-6-4-2/h12,14,18,20,32,36,49,53,58-59,63-64H,3-11,13,15-17,19,21-31,33-35,37-48,50-52,54-57H2,1-2H3,(H,62,65)/b14-12-,20-18-,36-32-,53-49+. The number of nitrogens with one attached hydrogen (secondary N) is 1. The number of hydrogen-bond donors (Lipinski definition) is 3. The molecular formula is C61H113NO5. The second-order valence-corrected chi connectivity index (χ2v) is 20.0. The number of aliphatic hydroxyl groups is 2. The molecule has 2 atom stereocenters. The van der Waals surface area contributed by atoms with Crippen molar-refractivity contribution in [2.24, 2.45) is 0 Å². The van der Waals surface area contributed by atoms with Crippen molar-refractivity contribution in [3.8, 4) is 0 Å². The third-order valence-electron chi connectivity index (χ3n) is 13.3. The molecule has 0 fully saturated rings. The van der Waals surface area contributed by atoms with Crippen LogP contribution in [0.25, 0.3) is 0 Å². The molecule has 0 aliphatic heterocycles. The summed E-state index contributed by atoms with van der Waals surface area (Å²) in [5.41, 5.74) is 0. The van der Waals surface area contributed by atoms with Gasteiger partial charge in [-0.05, 0) is 96.3 Å². The third-order valence-corrected chi connectivity index (χ3v) is 13.3. The van der Waals surface area contributed by atoms with E-state index in [-0.39, 0.29) is 18.5 Å². The maximum Gasteiger partial charge on any atom is 0.305 e. The summed E-state index contributed by atoms with van der Waals surface area (Å²) in [6.07, 6.45) is 71.3. The van der Waals surface area contributed by atoms with Crippen LogP contribution in [-0.4, -0.2) is 47.4 Å². The van der Waals surface area contributed by atoms with Crippen LogP contribution in [0.5, 0.6) is 0 Å². The van der Waals surface area contributed by atoms with Crippen molar-refractivity contribution in [2.45, 2.75) is 315 Å². The van der Waals surface area contributed by atoms with Crippen molar-refractivity contribution in [3.63, 3.8) is 0 Å². The van der Waals surface area contributed by atoms with E-state index in [4.69, 9.17) is 4.74 Å². The highest BCUT2D eigenvalue weighted by molar-refractivity contribution is 5.76. The van der Waals surface area contributed by atoms with Gasteiger partial charge in [-0.1, -0.05) is 242 Å². The molecule has 0 radical (unpaired) electrons. The lowest BCUT2D eigenvalue weighted by atomic mass is 10.0. The molecule has 6 nitrogen and oxygen atoms in total. The minimum atomic E-state index is -0.862. The highest BCUT2D eigenvalue weighted by Gasteiger charge is 2.18. The summed E-state index contributed by atoms with van der Waals surface area (Å²) in [6, 6.07) is -0.648. The topological polar surface area (TPSA) is 95.9 Å². The van der Waals surface area contributed by atoms with Gasteiger partial charge in [-0.3, -0.25) is 9.59 Å². The zero-order chi connectivity index (χ0) is 48.6. The molecule has 0 aromatic heterocycles. The van der Waals surface area contributed by atoms with Gasteiger partial charge in [-0.25, -0.2) is 0 Å². The first-order valence-electron chi connectivity index (χ1n) is 29.4. The van der Waals surface area contributed by atoms with E-state index in [1.807, 2.05) is 6.08 Å². The van der Waals surface area contributed by atoms with Crippen LogP contribution in [0, 0.1) is 0 Å². The summed E-state index contributed by atoms with van der Waals surface area (Å²) in [5.74, 6) is -0.121. The van der Waals surface area contributed by atoms with Gasteiger partial charge >= 0.3 is 5.97 Å². The molecule has 0 spiro atoms. The van der Waals surface area contributed by atoms with Gasteiger partial charge in [-0.2, -0.15) is 0 Å². The van der Waals surface area contributed by atoms with Gasteiger partial charge in [0.1, 0.15) is 0 Å². The molecule has 0 rings (SSSR count). The first-order chi connectivity index (χ1) is 33.0. The number of allylic oxidation sites excluding steroid dienone is 7. The predicted octanol–water partition coefficient (Wildman–Crippen LogP) is 18.2. The van der Waals surface area contributed by atoms with Crippen LogP contribution in [0.15, 0.2) is 48.6 Å². The molecule has 0 saturated carbocycles. The summed E-state index contributed by atoms with van der Waals surface area (Å²) in [4.78, 5) is 24.6. The molecule has 392 valence electrons. The maximum atomic E-state index is 12.5. The second kappa shape index (κ2) is 56.4. The Morgan fingerprint density at radius 1 is 0.418 bits per heavy atom. The molecule has 67 heavy (non-hydrogen) atoms. The lowest BCUT2D eigenvalue weighted by molar-refractivity contribution is -0.143. The predicted molar refractivity (Wildman–Crippen MR) is 292 cm³/mol. The number of carbonyl (C=O) groups excluding carboxylic acids is 2. The molecule has 0 aliphatic rings. The molecule has 0 aliphatic carbocycles. The largest absolute Gasteiger partial charge is 0.466 e. The van der Waals surface area contributed by atoms with E-state index in [0.29, 0.717) is 19.4 Å². The Kier molecular flexibility index (Phi) is 54.6. The minimum absolute atomic E-state index is 0.0283. The summed E-state index contributed by atoms with van der Waals surface area (Å²) in [5, 5.41) is 23.1. The lowest BCUT2D eigenvalue weighted by Crippen LogP contribution is -2.45. The van der Waals surface area contributed by atoms with Gasteiger partial charge in [0.05, 0.1) is 25.4 Å². The molecule has 0 aromatic carbocycles. The fourth-order valence-electron chi connectivity index (χ4n) is 8.78. The van der Waals surface area contributed by atoms with Crippen molar-refractivity contribution in [1.29, 1.82) is 0 Å². The zero-order valence-electron chi connectivity index (χ0n) is 44.6. The smallest absolute Gasteiger partial charge is 0.305 e. The molecule has 0 bridgehead atoms. The van der Waals surface area contributed by atoms with E-state index in [1.54, 1.807) is 6.08 Å². The van der Waals surface area contributed by atoms with Gasteiger partial charge < -0.3 is 20.3 Å². The summed E-state index contributed by atoms with van der Waals surface area (Å²) >= 11 is 0. The Bertz CT molecular complexity index is 1130. The first kappa shape index (κ1) is 64.8. The van der Waals surface area contributed by atoms with Crippen LogP contribution in [0.3, 0.4) is 0 Å². The van der Waals surface area contributed by atoms with Crippen molar-refractivity contribution in [3.05, 3.63) is 48.6 Å². The van der Waals surface area contributed by atoms with Crippen LogP contribution >= 0.6 is 0 Å². The van der Waals surface area contributed by atoms with E-state index in [0.717, 1.165) is 89.9 Å². The van der Waals surface area contributed by atoms with Crippen LogP contribution in [0.2, 0.25) is 0 Å². The number of carbonyl (C=O) groups is 2. The second-order valence-electron chi connectivity index (χ2n) is 20.0. The number of ether oxygens (including phenoxy) is 1. The van der Waals surface area contributed by atoms with E-state index in [1.165, 1.54) is 186 Å². The quantitative estimate of drug-likeness (QED) is 0.0321. The minimum Gasteiger partial charge on any atom is -0.466 e. The summed E-state index contributed by atoms with van der Waals surface area (Å²) < 4.78 is 5.46. The Balaban J connectivity index is 3.53. The zero-order valence-corrected chi connectivity index (χ0v) is 44.6. The van der Waals surface area contributed by atoms with Gasteiger partial charge in [-0.15, -0.1) is 0 Å². The van der Waals surface area contributed by atoms with E-state index in [9.17, 15) is 19.8 Å². The van der Waals surface area contributed by atoms with Gasteiger partial charge in [0.2, 0.25) is 5.91 Å². The number of amides is 1. The number of aliphatic hydroxyl groups excluding tert-OH is 2. The fraction of sp³-hybridized carbons (Fsp3) is 0.836. The Morgan fingerprint density at radius 2 is 0.746 bits per heavy atom. The van der Waals surface area contributed by atoms with Gasteiger partial charge in [0.15, 0.2) is 0 Å².